The Labute approximate surface area is 194 Å². The van der Waals surface area contributed by atoms with E-state index in [4.69, 9.17) is 14.2 Å². The molecule has 0 saturated heterocycles. The highest BCUT2D eigenvalue weighted by atomic mass is 16.6. The van der Waals surface area contributed by atoms with Crippen molar-refractivity contribution in [1.82, 2.24) is 5.32 Å². The monoisotopic (exact) mass is 447 g/mol. The van der Waals surface area contributed by atoms with Crippen molar-refractivity contribution in [3.8, 4) is 17.2 Å². The molecule has 0 radical (unpaired) electrons. The molecule has 2 unspecified atom stereocenters. The zero-order valence-corrected chi connectivity index (χ0v) is 18.9. The summed E-state index contributed by atoms with van der Waals surface area (Å²) in [5.74, 6) is 1.22. The van der Waals surface area contributed by atoms with Gasteiger partial charge >= 0.3 is 5.97 Å². The lowest BCUT2D eigenvalue weighted by Gasteiger charge is -2.28. The first-order valence-electron chi connectivity index (χ1n) is 11.2. The maximum atomic E-state index is 12.6. The maximum absolute atomic E-state index is 12.6. The van der Waals surface area contributed by atoms with E-state index in [0.717, 1.165) is 23.1 Å². The number of benzene rings is 3. The molecule has 6 heteroatoms. The molecule has 0 saturated carbocycles. The highest BCUT2D eigenvalue weighted by Crippen LogP contribution is 2.37. The normalized spacial score (nSPS) is 16.6. The van der Waals surface area contributed by atoms with E-state index >= 15 is 0 Å². The Morgan fingerprint density at radius 1 is 1.09 bits per heavy atom. The van der Waals surface area contributed by atoms with Gasteiger partial charge in [-0.2, -0.15) is 0 Å². The largest absolute Gasteiger partial charge is 0.508 e. The number of carbonyl (C=O) groups is 1. The number of fused-ring (bicyclic) bond motifs is 1. The van der Waals surface area contributed by atoms with Gasteiger partial charge in [-0.1, -0.05) is 55.5 Å². The van der Waals surface area contributed by atoms with Crippen molar-refractivity contribution in [2.75, 3.05) is 13.7 Å². The van der Waals surface area contributed by atoms with Crippen LogP contribution in [0.5, 0.6) is 17.2 Å². The van der Waals surface area contributed by atoms with Crippen molar-refractivity contribution in [2.45, 2.75) is 38.0 Å². The minimum Gasteiger partial charge on any atom is -0.508 e. The van der Waals surface area contributed by atoms with E-state index < -0.39 is 6.04 Å². The molecule has 0 aliphatic carbocycles. The molecule has 0 bridgehead atoms. The van der Waals surface area contributed by atoms with Gasteiger partial charge in [0.1, 0.15) is 18.4 Å². The van der Waals surface area contributed by atoms with Crippen LogP contribution in [0.15, 0.2) is 72.8 Å². The Kier molecular flexibility index (Phi) is 7.15. The minimum atomic E-state index is -0.493. The minimum absolute atomic E-state index is 0.0403. The molecule has 3 aromatic carbocycles. The van der Waals surface area contributed by atoms with Crippen LogP contribution in [0.25, 0.3) is 0 Å². The molecule has 0 amide bonds. The number of carbonyl (C=O) groups excluding carboxylic acids is 1. The molecule has 1 heterocycles. The van der Waals surface area contributed by atoms with Gasteiger partial charge in [-0.25, -0.2) is 0 Å². The second-order valence-electron chi connectivity index (χ2n) is 8.11. The van der Waals surface area contributed by atoms with E-state index in [1.165, 1.54) is 7.11 Å². The van der Waals surface area contributed by atoms with Gasteiger partial charge in [-0.3, -0.25) is 10.1 Å². The van der Waals surface area contributed by atoms with Crippen LogP contribution in [0.1, 0.15) is 42.2 Å². The third-order valence-electron chi connectivity index (χ3n) is 5.87. The zero-order chi connectivity index (χ0) is 23.2. The number of esters is 1. The molecule has 4 rings (SSSR count). The van der Waals surface area contributed by atoms with Gasteiger partial charge < -0.3 is 19.3 Å². The summed E-state index contributed by atoms with van der Waals surface area (Å²) in [6, 6.07) is 22.3. The molecule has 172 valence electrons. The van der Waals surface area contributed by atoms with Gasteiger partial charge in [0, 0.05) is 6.04 Å². The van der Waals surface area contributed by atoms with E-state index in [-0.39, 0.29) is 23.9 Å². The van der Waals surface area contributed by atoms with Gasteiger partial charge in [-0.05, 0) is 53.8 Å². The Morgan fingerprint density at radius 3 is 2.55 bits per heavy atom. The molecule has 3 atom stereocenters. The van der Waals surface area contributed by atoms with Crippen molar-refractivity contribution in [3.05, 3.63) is 89.5 Å². The van der Waals surface area contributed by atoms with Crippen LogP contribution in [-0.4, -0.2) is 30.8 Å². The van der Waals surface area contributed by atoms with Crippen molar-refractivity contribution < 1.29 is 24.1 Å². The molecule has 6 nitrogen and oxygen atoms in total. The topological polar surface area (TPSA) is 77.0 Å². The molecular weight excluding hydrogens is 418 g/mol. The van der Waals surface area contributed by atoms with E-state index in [1.807, 2.05) is 48.5 Å². The summed E-state index contributed by atoms with van der Waals surface area (Å²) in [7, 11) is 1.41. The molecule has 0 spiro atoms. The van der Waals surface area contributed by atoms with Gasteiger partial charge in [0.2, 0.25) is 0 Å². The van der Waals surface area contributed by atoms with Crippen LogP contribution >= 0.6 is 0 Å². The number of nitrogens with one attached hydrogen (secondary N) is 1. The van der Waals surface area contributed by atoms with E-state index in [1.54, 1.807) is 12.1 Å². The third kappa shape index (κ3) is 5.46. The van der Waals surface area contributed by atoms with Crippen LogP contribution in [0.3, 0.4) is 0 Å². The van der Waals surface area contributed by atoms with Crippen molar-refractivity contribution >= 4 is 5.97 Å². The van der Waals surface area contributed by atoms with Crippen LogP contribution in [0.4, 0.5) is 0 Å². The SMILES string of the molecule is CC[C@H](NC(Cc1ccc2c(c1)OCC(c1ccc(O)cc1)O2)C(=O)OC)c1ccccc1. The van der Waals surface area contributed by atoms with E-state index in [0.29, 0.717) is 24.5 Å². The molecular formula is C27H29NO5. The Hall–Kier alpha value is -3.51. The standard InChI is InChI=1S/C27H29NO5/c1-3-22(19-7-5-4-6-8-19)28-23(27(30)31-2)15-18-9-14-24-25(16-18)32-17-26(33-24)20-10-12-21(29)13-11-20/h4-14,16,22-23,26,28-29H,3,15,17H2,1-2H3/t22-,23?,26?/m0/s1. The number of hydrogen-bond acceptors (Lipinski definition) is 6. The molecule has 33 heavy (non-hydrogen) atoms. The number of aromatic hydroxyl groups is 1. The molecule has 1 aliphatic heterocycles. The van der Waals surface area contributed by atoms with E-state index in [9.17, 15) is 9.90 Å². The third-order valence-corrected chi connectivity index (χ3v) is 5.87. The van der Waals surface area contributed by atoms with Crippen LogP contribution in [-0.2, 0) is 16.0 Å². The fourth-order valence-electron chi connectivity index (χ4n) is 4.06. The average molecular weight is 448 g/mol. The predicted molar refractivity (Wildman–Crippen MR) is 126 cm³/mol. The highest BCUT2D eigenvalue weighted by molar-refractivity contribution is 5.76. The van der Waals surface area contributed by atoms with Gasteiger partial charge in [0.05, 0.1) is 7.11 Å². The van der Waals surface area contributed by atoms with Gasteiger partial charge in [0.15, 0.2) is 17.6 Å². The second kappa shape index (κ2) is 10.4. The molecule has 0 aromatic heterocycles. The number of ether oxygens (including phenoxy) is 3. The Balaban J connectivity index is 1.48. The summed E-state index contributed by atoms with van der Waals surface area (Å²) in [5.41, 5.74) is 3.02. The lowest BCUT2D eigenvalue weighted by molar-refractivity contribution is -0.143. The van der Waals surface area contributed by atoms with Crippen molar-refractivity contribution in [1.29, 1.82) is 0 Å². The Morgan fingerprint density at radius 2 is 1.85 bits per heavy atom. The van der Waals surface area contributed by atoms with Crippen LogP contribution in [0, 0.1) is 0 Å². The Bertz CT molecular complexity index is 1070. The van der Waals surface area contributed by atoms with Crippen LogP contribution < -0.4 is 14.8 Å². The quantitative estimate of drug-likeness (QED) is 0.486. The van der Waals surface area contributed by atoms with E-state index in [2.05, 4.69) is 24.4 Å². The molecule has 2 N–H and O–H groups in total. The molecule has 0 fully saturated rings. The number of rotatable bonds is 8. The summed E-state index contributed by atoms with van der Waals surface area (Å²) in [6.07, 6.45) is 1.07. The number of hydrogen-bond donors (Lipinski definition) is 2. The first-order chi connectivity index (χ1) is 16.1. The summed E-state index contributed by atoms with van der Waals surface area (Å²) in [6.45, 7) is 2.46. The number of phenolic OH excluding ortho intramolecular Hbond substituents is 1. The zero-order valence-electron chi connectivity index (χ0n) is 18.9. The average Bonchev–Trinajstić information content (AvgIpc) is 2.86. The fraction of sp³-hybridized carbons (Fsp3) is 0.296. The fourth-order valence-corrected chi connectivity index (χ4v) is 4.06. The maximum Gasteiger partial charge on any atom is 0.323 e. The molecule has 1 aliphatic rings. The van der Waals surface area contributed by atoms with Crippen molar-refractivity contribution in [2.24, 2.45) is 0 Å². The van der Waals surface area contributed by atoms with Gasteiger partial charge in [-0.15, -0.1) is 0 Å². The van der Waals surface area contributed by atoms with Crippen molar-refractivity contribution in [3.63, 3.8) is 0 Å². The number of methoxy groups -OCH3 is 1. The summed E-state index contributed by atoms with van der Waals surface area (Å²) in [4.78, 5) is 12.6. The second-order valence-corrected chi connectivity index (χ2v) is 8.11. The summed E-state index contributed by atoms with van der Waals surface area (Å²) in [5, 5.41) is 13.0. The highest BCUT2D eigenvalue weighted by Gasteiger charge is 2.26. The summed E-state index contributed by atoms with van der Waals surface area (Å²) < 4.78 is 17.2. The van der Waals surface area contributed by atoms with Crippen LogP contribution in [0.2, 0.25) is 0 Å². The first kappa shape index (κ1) is 22.7. The number of phenols is 1. The summed E-state index contributed by atoms with van der Waals surface area (Å²) >= 11 is 0. The lowest BCUT2D eigenvalue weighted by Crippen LogP contribution is -2.41. The molecule has 3 aromatic rings. The first-order valence-corrected chi connectivity index (χ1v) is 11.2. The van der Waals surface area contributed by atoms with Gasteiger partial charge in [0.25, 0.3) is 0 Å². The predicted octanol–water partition coefficient (Wildman–Crippen LogP) is 4.73. The smallest absolute Gasteiger partial charge is 0.323 e. The lowest BCUT2D eigenvalue weighted by atomic mass is 10.00.